The molecular weight excluding hydrogens is 196 g/mol. The number of carboxylic acids is 1. The van der Waals surface area contributed by atoms with Crippen LogP contribution < -0.4 is 5.73 Å². The smallest absolute Gasteiger partial charge is 0.304 e. The fraction of sp³-hybridized carbons (Fsp3) is 0.800. The lowest BCUT2D eigenvalue weighted by molar-refractivity contribution is -0.137. The highest BCUT2D eigenvalue weighted by Gasteiger charge is 2.23. The molecule has 5 nitrogen and oxygen atoms in total. The van der Waals surface area contributed by atoms with E-state index < -0.39 is 5.97 Å². The molecule has 86 valence electrons. The van der Waals surface area contributed by atoms with Gasteiger partial charge in [-0.3, -0.25) is 14.5 Å². The number of carbonyl (C=O) groups is 2. The summed E-state index contributed by atoms with van der Waals surface area (Å²) in [5.41, 5.74) is 5.14. The molecule has 15 heavy (non-hydrogen) atoms. The Labute approximate surface area is 89.2 Å². The molecule has 1 saturated carbocycles. The monoisotopic (exact) mass is 214 g/mol. The molecule has 1 amide bonds. The van der Waals surface area contributed by atoms with Gasteiger partial charge in [-0.05, 0) is 12.8 Å². The van der Waals surface area contributed by atoms with Gasteiger partial charge in [-0.2, -0.15) is 0 Å². The second-order valence-electron chi connectivity index (χ2n) is 4.02. The summed E-state index contributed by atoms with van der Waals surface area (Å²) in [6.45, 7) is 0.598. The van der Waals surface area contributed by atoms with Crippen molar-refractivity contribution in [1.29, 1.82) is 0 Å². The summed E-state index contributed by atoms with van der Waals surface area (Å²) < 4.78 is 0. The maximum absolute atomic E-state index is 10.8. The Morgan fingerprint density at radius 3 is 2.40 bits per heavy atom. The van der Waals surface area contributed by atoms with Crippen LogP contribution in [-0.4, -0.2) is 41.0 Å². The number of carbonyl (C=O) groups excluding carboxylic acids is 1. The summed E-state index contributed by atoms with van der Waals surface area (Å²) in [4.78, 5) is 23.2. The van der Waals surface area contributed by atoms with Gasteiger partial charge in [-0.1, -0.05) is 12.8 Å². The van der Waals surface area contributed by atoms with Crippen LogP contribution in [0.3, 0.4) is 0 Å². The maximum atomic E-state index is 10.8. The Hall–Kier alpha value is -1.10. The zero-order chi connectivity index (χ0) is 11.3. The molecule has 0 radical (unpaired) electrons. The van der Waals surface area contributed by atoms with Crippen LogP contribution in [0.1, 0.15) is 32.1 Å². The van der Waals surface area contributed by atoms with Gasteiger partial charge in [-0.25, -0.2) is 0 Å². The van der Waals surface area contributed by atoms with E-state index in [1.165, 1.54) is 0 Å². The van der Waals surface area contributed by atoms with Gasteiger partial charge in [0.05, 0.1) is 13.0 Å². The van der Waals surface area contributed by atoms with Gasteiger partial charge >= 0.3 is 5.97 Å². The fourth-order valence-corrected chi connectivity index (χ4v) is 2.10. The van der Waals surface area contributed by atoms with Crippen LogP contribution in [0.4, 0.5) is 0 Å². The molecule has 0 aromatic carbocycles. The Morgan fingerprint density at radius 2 is 1.93 bits per heavy atom. The first-order chi connectivity index (χ1) is 7.09. The first-order valence-corrected chi connectivity index (χ1v) is 5.33. The number of carboxylic acid groups (broad SMARTS) is 1. The molecule has 1 aliphatic rings. The van der Waals surface area contributed by atoms with Crippen LogP contribution in [0.2, 0.25) is 0 Å². The van der Waals surface area contributed by atoms with Crippen molar-refractivity contribution in [3.63, 3.8) is 0 Å². The lowest BCUT2D eigenvalue weighted by Crippen LogP contribution is -2.41. The minimum atomic E-state index is -0.831. The Kier molecular flexibility index (Phi) is 4.55. The molecule has 0 aromatic rings. The second-order valence-corrected chi connectivity index (χ2v) is 4.02. The third kappa shape index (κ3) is 4.29. The predicted octanol–water partition coefficient (Wildman–Crippen LogP) is 0.191. The normalized spacial score (nSPS) is 17.1. The number of primary amides is 1. The Balaban J connectivity index is 2.43. The zero-order valence-corrected chi connectivity index (χ0v) is 8.82. The molecule has 1 rings (SSSR count). The highest BCUT2D eigenvalue weighted by molar-refractivity contribution is 5.76. The molecule has 3 N–H and O–H groups in total. The third-order valence-electron chi connectivity index (χ3n) is 2.81. The van der Waals surface area contributed by atoms with E-state index in [9.17, 15) is 9.59 Å². The van der Waals surface area contributed by atoms with Gasteiger partial charge in [0.2, 0.25) is 5.91 Å². The van der Waals surface area contributed by atoms with Crippen LogP contribution >= 0.6 is 0 Å². The average molecular weight is 214 g/mol. The van der Waals surface area contributed by atoms with Crippen molar-refractivity contribution in [1.82, 2.24) is 4.90 Å². The molecule has 0 saturated heterocycles. The molecule has 0 aliphatic heterocycles. The SMILES string of the molecule is NC(=O)CN(CCC(=O)O)C1CCCC1. The number of aliphatic carboxylic acids is 1. The molecule has 0 heterocycles. The molecule has 0 unspecified atom stereocenters. The van der Waals surface area contributed by atoms with E-state index in [2.05, 4.69) is 0 Å². The van der Waals surface area contributed by atoms with E-state index >= 15 is 0 Å². The lowest BCUT2D eigenvalue weighted by atomic mass is 10.2. The lowest BCUT2D eigenvalue weighted by Gasteiger charge is -2.26. The van der Waals surface area contributed by atoms with Crippen molar-refractivity contribution in [3.8, 4) is 0 Å². The highest BCUT2D eigenvalue weighted by Crippen LogP contribution is 2.23. The third-order valence-corrected chi connectivity index (χ3v) is 2.81. The van der Waals surface area contributed by atoms with Crippen molar-refractivity contribution in [3.05, 3.63) is 0 Å². The van der Waals surface area contributed by atoms with Gasteiger partial charge in [0.1, 0.15) is 0 Å². The largest absolute Gasteiger partial charge is 0.481 e. The minimum absolute atomic E-state index is 0.0732. The van der Waals surface area contributed by atoms with Crippen molar-refractivity contribution < 1.29 is 14.7 Å². The van der Waals surface area contributed by atoms with Gasteiger partial charge in [-0.15, -0.1) is 0 Å². The topological polar surface area (TPSA) is 83.6 Å². The van der Waals surface area contributed by atoms with E-state index in [0.717, 1.165) is 25.7 Å². The minimum Gasteiger partial charge on any atom is -0.481 e. The quantitative estimate of drug-likeness (QED) is 0.661. The van der Waals surface area contributed by atoms with Crippen molar-refractivity contribution in [2.24, 2.45) is 5.73 Å². The standard InChI is InChI=1S/C10H18N2O3/c11-9(13)7-12(6-5-10(14)15)8-3-1-2-4-8/h8H,1-7H2,(H2,11,13)(H,14,15). The van der Waals surface area contributed by atoms with Crippen LogP contribution in [0, 0.1) is 0 Å². The molecule has 0 spiro atoms. The van der Waals surface area contributed by atoms with Crippen molar-refractivity contribution in [2.45, 2.75) is 38.1 Å². The molecule has 0 aromatic heterocycles. The van der Waals surface area contributed by atoms with Crippen molar-refractivity contribution in [2.75, 3.05) is 13.1 Å². The fourth-order valence-electron chi connectivity index (χ4n) is 2.10. The van der Waals surface area contributed by atoms with Gasteiger partial charge < -0.3 is 10.8 Å². The van der Waals surface area contributed by atoms with E-state index in [0.29, 0.717) is 12.6 Å². The predicted molar refractivity (Wildman–Crippen MR) is 55.3 cm³/mol. The van der Waals surface area contributed by atoms with Crippen molar-refractivity contribution >= 4 is 11.9 Å². The highest BCUT2D eigenvalue weighted by atomic mass is 16.4. The summed E-state index contributed by atoms with van der Waals surface area (Å²) in [5.74, 6) is -1.21. The number of hydrogen-bond acceptors (Lipinski definition) is 3. The average Bonchev–Trinajstić information content (AvgIpc) is 2.63. The zero-order valence-electron chi connectivity index (χ0n) is 8.82. The van der Waals surface area contributed by atoms with E-state index in [4.69, 9.17) is 10.8 Å². The number of rotatable bonds is 6. The summed E-state index contributed by atoms with van der Waals surface area (Å²) >= 11 is 0. The molecule has 0 atom stereocenters. The van der Waals surface area contributed by atoms with E-state index in [1.54, 1.807) is 0 Å². The number of amides is 1. The van der Waals surface area contributed by atoms with Gasteiger partial charge in [0.15, 0.2) is 0 Å². The first-order valence-electron chi connectivity index (χ1n) is 5.33. The van der Waals surface area contributed by atoms with E-state index in [1.807, 2.05) is 4.90 Å². The molecule has 1 fully saturated rings. The van der Waals surface area contributed by atoms with Crippen LogP contribution in [0.15, 0.2) is 0 Å². The number of hydrogen-bond donors (Lipinski definition) is 2. The van der Waals surface area contributed by atoms with Crippen LogP contribution in [0.25, 0.3) is 0 Å². The van der Waals surface area contributed by atoms with Crippen LogP contribution in [0.5, 0.6) is 0 Å². The number of nitrogens with zero attached hydrogens (tertiary/aromatic N) is 1. The van der Waals surface area contributed by atoms with E-state index in [-0.39, 0.29) is 18.9 Å². The first kappa shape index (κ1) is 12.0. The maximum Gasteiger partial charge on any atom is 0.304 e. The Morgan fingerprint density at radius 1 is 1.33 bits per heavy atom. The molecular formula is C10H18N2O3. The molecule has 5 heteroatoms. The Bertz CT molecular complexity index is 237. The second kappa shape index (κ2) is 5.70. The summed E-state index contributed by atoms with van der Waals surface area (Å²) in [6.07, 6.45) is 4.49. The molecule has 1 aliphatic carbocycles. The van der Waals surface area contributed by atoms with Crippen LogP contribution in [-0.2, 0) is 9.59 Å². The van der Waals surface area contributed by atoms with Gasteiger partial charge in [0.25, 0.3) is 0 Å². The van der Waals surface area contributed by atoms with Gasteiger partial charge in [0, 0.05) is 12.6 Å². The molecule has 0 bridgehead atoms. The summed E-state index contributed by atoms with van der Waals surface area (Å²) in [5, 5.41) is 8.60. The number of nitrogens with two attached hydrogens (primary N) is 1. The summed E-state index contributed by atoms with van der Waals surface area (Å²) in [7, 11) is 0. The summed E-state index contributed by atoms with van der Waals surface area (Å²) in [6, 6.07) is 0.344.